The van der Waals surface area contributed by atoms with Crippen LogP contribution in [0.3, 0.4) is 0 Å². The summed E-state index contributed by atoms with van der Waals surface area (Å²) in [5, 5.41) is 8.59. The Bertz CT molecular complexity index is 3440. The maximum atomic E-state index is 15.6. The molecule has 1 amide bonds. The van der Waals surface area contributed by atoms with Crippen molar-refractivity contribution in [2.45, 2.75) is 81.2 Å². The normalized spacial score (nSPS) is 17.0. The number of aromatic nitrogens is 5. The summed E-state index contributed by atoms with van der Waals surface area (Å²) in [6.45, 7) is -2.23. The number of carbonyl (C=O) groups excluding carboxylic acids is 2. The highest BCUT2D eigenvalue weighted by Gasteiger charge is 2.68. The Morgan fingerprint density at radius 2 is 1.62 bits per heavy atom. The number of carbonyl (C=O) groups is 2. The Kier molecular flexibility index (Phi) is 14.7. The number of sulfone groups is 1. The third kappa shape index (κ3) is 12.0. The predicted molar refractivity (Wildman–Crippen MR) is 243 cm³/mol. The Labute approximate surface area is 418 Å². The van der Waals surface area contributed by atoms with Crippen molar-refractivity contribution in [2.24, 2.45) is 5.92 Å². The second-order valence-corrected chi connectivity index (χ2v) is 24.6. The quantitative estimate of drug-likeness (QED) is 0.0294. The van der Waals surface area contributed by atoms with E-state index in [1.54, 1.807) is 0 Å². The van der Waals surface area contributed by atoms with Crippen molar-refractivity contribution in [3.05, 3.63) is 93.0 Å². The van der Waals surface area contributed by atoms with Crippen molar-refractivity contribution in [1.82, 2.24) is 29.9 Å². The fourth-order valence-corrected chi connectivity index (χ4v) is 9.82. The number of hydrogen-bond donors (Lipinski definition) is 3. The number of anilines is 1. The highest BCUT2D eigenvalue weighted by Crippen LogP contribution is 2.68. The number of hydrogen-bond acceptors (Lipinski definition) is 11. The summed E-state index contributed by atoms with van der Waals surface area (Å²) in [5.41, 5.74) is -6.10. The topological polar surface area (TPSA) is 233 Å². The summed E-state index contributed by atoms with van der Waals surface area (Å²) in [6, 6.07) is 4.57. The van der Waals surface area contributed by atoms with E-state index in [9.17, 15) is 75.9 Å². The van der Waals surface area contributed by atoms with E-state index in [2.05, 4.69) is 32.3 Å². The molecule has 3 heterocycles. The second kappa shape index (κ2) is 19.4. The summed E-state index contributed by atoms with van der Waals surface area (Å²) in [4.78, 5) is 49.5. The number of halogens is 11. The first-order chi connectivity index (χ1) is 33.9. The summed E-state index contributed by atoms with van der Waals surface area (Å²) < 4.78 is 214. The van der Waals surface area contributed by atoms with Crippen molar-refractivity contribution in [1.29, 1.82) is 0 Å². The van der Waals surface area contributed by atoms with E-state index in [4.69, 9.17) is 16.3 Å². The van der Waals surface area contributed by atoms with Gasteiger partial charge in [0.05, 0.1) is 46.5 Å². The molecule has 3 atom stereocenters. The summed E-state index contributed by atoms with van der Waals surface area (Å²) in [6.07, 6.45) is -12.0. The number of esters is 1. The molecule has 1 saturated carbocycles. The van der Waals surface area contributed by atoms with Crippen LogP contribution in [0.5, 0.6) is 0 Å². The van der Waals surface area contributed by atoms with E-state index in [0.717, 1.165) is 42.7 Å². The lowest BCUT2D eigenvalue weighted by molar-refractivity contribution is -0.143. The number of fused-ring (bicyclic) bond motifs is 4. The maximum absolute atomic E-state index is 15.6. The van der Waals surface area contributed by atoms with Gasteiger partial charge >= 0.3 is 25.9 Å². The molecule has 0 radical (unpaired) electrons. The third-order valence-corrected chi connectivity index (χ3v) is 16.1. The van der Waals surface area contributed by atoms with Crippen LogP contribution in [0.1, 0.15) is 72.6 Å². The number of benzene rings is 2. The number of sulfonamides is 1. The van der Waals surface area contributed by atoms with Crippen LogP contribution >= 0.6 is 19.2 Å². The molecule has 3 N–H and O–H groups in total. The van der Waals surface area contributed by atoms with Crippen LogP contribution < -0.4 is 9.62 Å². The lowest BCUT2D eigenvalue weighted by Crippen LogP contribution is -2.35. The molecule has 7 rings (SSSR count). The number of ether oxygens (including phenoxy) is 1. The van der Waals surface area contributed by atoms with Gasteiger partial charge in [0, 0.05) is 34.9 Å². The minimum absolute atomic E-state index is 0.171. The van der Waals surface area contributed by atoms with Gasteiger partial charge in [0.2, 0.25) is 15.9 Å². The van der Waals surface area contributed by atoms with E-state index in [1.165, 1.54) is 13.8 Å². The van der Waals surface area contributed by atoms with Crippen LogP contribution in [0.25, 0.3) is 22.0 Å². The van der Waals surface area contributed by atoms with E-state index in [-0.39, 0.29) is 42.5 Å². The first kappa shape index (κ1) is 55.9. The van der Waals surface area contributed by atoms with Crippen LogP contribution in [-0.4, -0.2) is 99.4 Å². The van der Waals surface area contributed by atoms with Gasteiger partial charge in [-0.2, -0.15) is 45.3 Å². The largest absolute Gasteiger partial charge is 0.443 e. The van der Waals surface area contributed by atoms with E-state index in [0.29, 0.717) is 12.3 Å². The Balaban J connectivity index is 1.45. The molecule has 400 valence electrons. The van der Waals surface area contributed by atoms with Crippen LogP contribution in [0.2, 0.25) is 5.02 Å². The summed E-state index contributed by atoms with van der Waals surface area (Å²) in [7, 11) is -13.4. The van der Waals surface area contributed by atoms with Gasteiger partial charge in [-0.3, -0.25) is 23.5 Å². The van der Waals surface area contributed by atoms with Crippen molar-refractivity contribution in [3.63, 3.8) is 0 Å². The van der Waals surface area contributed by atoms with Crippen molar-refractivity contribution < 1.29 is 89.4 Å². The van der Waals surface area contributed by atoms with E-state index in [1.807, 2.05) is 0 Å². The van der Waals surface area contributed by atoms with Crippen LogP contribution in [0, 0.1) is 29.4 Å². The third-order valence-electron chi connectivity index (χ3n) is 11.9. The molecule has 31 heteroatoms. The zero-order chi connectivity index (χ0) is 55.1. The molecular formula is C43H39ClF10N7O10PS2. The SMILES string of the molecule is CC(C)(C#Cc1ccc(-c2ccc(Cl)c3c(N(COC(=O)CCP(=O)(O)O)S(C)(=O)=O)nn(CC(F)(F)F)c23)c([C@H](Cc2cc(F)cc(F)c2)NC(=O)Cn2nc(C(F)(F)F)c3c2C(F)(F)C2C[C@H]32)n1)S(C)(=O)=O. The molecule has 1 unspecified atom stereocenters. The van der Waals surface area contributed by atoms with Gasteiger partial charge in [-0.1, -0.05) is 23.6 Å². The van der Waals surface area contributed by atoms with Gasteiger partial charge in [0.15, 0.2) is 28.1 Å². The van der Waals surface area contributed by atoms with Gasteiger partial charge in [0.25, 0.3) is 5.92 Å². The molecule has 2 aromatic carbocycles. The minimum Gasteiger partial charge on any atom is -0.443 e. The first-order valence-electron chi connectivity index (χ1n) is 21.3. The highest BCUT2D eigenvalue weighted by atomic mass is 35.5. The standard InChI is InChI=1S/C43H39ClF10N7O10PS2/c1-40(2,73(3,67)68)11-9-24-5-6-25(26-7-8-29(44)34-36(26)60(19-41(47,48)49)58-39(34)61(74(4,69)70)20-71-32(63)10-12-72(64,65)66)35(55-24)30(15-21-13-22(45)16-23(46)14-21)56-31(62)18-59-38-33(37(57-59)43(52,53)54)27-17-28(27)42(38,50)51/h5-8,13-14,16,27-28,30H,10,12,15,17-20H2,1-4H3,(H,56,62)(H2,64,65,66)/t27-,28?,30-/m0/s1. The van der Waals surface area contributed by atoms with Gasteiger partial charge in [-0.15, -0.1) is 0 Å². The van der Waals surface area contributed by atoms with Crippen LogP contribution in [0.4, 0.5) is 49.7 Å². The monoisotopic (exact) mass is 1130 g/mol. The van der Waals surface area contributed by atoms with Crippen molar-refractivity contribution in [2.75, 3.05) is 29.7 Å². The Morgan fingerprint density at radius 3 is 2.20 bits per heavy atom. The van der Waals surface area contributed by atoms with Gasteiger partial charge in [0.1, 0.15) is 40.9 Å². The lowest BCUT2D eigenvalue weighted by atomic mass is 9.93. The van der Waals surface area contributed by atoms with Gasteiger partial charge in [-0.25, -0.2) is 34.9 Å². The summed E-state index contributed by atoms with van der Waals surface area (Å²) >= 11 is 6.60. The molecule has 0 bridgehead atoms. The molecule has 1 fully saturated rings. The average molecular weight is 1130 g/mol. The lowest BCUT2D eigenvalue weighted by Gasteiger charge is -2.23. The van der Waals surface area contributed by atoms with E-state index < -0.39 is 175 Å². The van der Waals surface area contributed by atoms with E-state index >= 15 is 8.78 Å². The molecule has 5 aromatic rings. The van der Waals surface area contributed by atoms with Gasteiger partial charge in [-0.05, 0) is 74.4 Å². The fraction of sp³-hybridized carbons (Fsp3) is 0.419. The molecule has 0 spiro atoms. The first-order valence-corrected chi connectivity index (χ1v) is 27.3. The molecule has 74 heavy (non-hydrogen) atoms. The minimum atomic E-state index is -5.24. The molecule has 17 nitrogen and oxygen atoms in total. The second-order valence-electron chi connectivity index (χ2n) is 17.9. The highest BCUT2D eigenvalue weighted by molar-refractivity contribution is 7.92. The zero-order valence-electron chi connectivity index (χ0n) is 38.5. The summed E-state index contributed by atoms with van der Waals surface area (Å²) in [5.74, 6) is -7.49. The smallest absolute Gasteiger partial charge is 0.435 e. The fourth-order valence-electron chi connectivity index (χ4n) is 8.19. The number of nitrogens with one attached hydrogen (secondary N) is 1. The molecular weight excluding hydrogens is 1100 g/mol. The Hall–Kier alpha value is -5.79. The number of rotatable bonds is 16. The van der Waals surface area contributed by atoms with Crippen molar-refractivity contribution in [3.8, 4) is 23.0 Å². The predicted octanol–water partition coefficient (Wildman–Crippen LogP) is 7.13. The number of amides is 1. The zero-order valence-corrected chi connectivity index (χ0v) is 41.8. The molecule has 2 aliphatic rings. The molecule has 0 aliphatic heterocycles. The molecule has 0 saturated heterocycles. The number of pyridine rings is 1. The molecule has 2 aliphatic carbocycles. The Morgan fingerprint density at radius 1 is 0.986 bits per heavy atom. The van der Waals surface area contributed by atoms with Crippen LogP contribution in [-0.2, 0) is 70.4 Å². The molecule has 3 aromatic heterocycles. The number of alkyl halides is 8. The maximum Gasteiger partial charge on any atom is 0.435 e. The van der Waals surface area contributed by atoms with Crippen LogP contribution in [0.15, 0.2) is 42.5 Å². The van der Waals surface area contributed by atoms with Crippen molar-refractivity contribution >= 4 is 67.7 Å². The number of nitrogens with zero attached hydrogens (tertiary/aromatic N) is 6. The average Bonchev–Trinajstić information content (AvgIpc) is 3.75. The van der Waals surface area contributed by atoms with Gasteiger partial charge < -0.3 is 19.8 Å².